The molecule has 1 amide bonds. The molecule has 1 aliphatic heterocycles. The number of ether oxygens (including phenoxy) is 1. The van der Waals surface area contributed by atoms with Crippen LogP contribution in [0.4, 0.5) is 5.69 Å². The number of hydrogen-bond donors (Lipinski definition) is 0. The minimum atomic E-state index is -0.0975. The highest BCUT2D eigenvalue weighted by atomic mass is 127. The van der Waals surface area contributed by atoms with Crippen molar-refractivity contribution in [2.24, 2.45) is 0 Å². The average molecular weight is 434 g/mol. The number of rotatable bonds is 2. The van der Waals surface area contributed by atoms with Gasteiger partial charge in [0.1, 0.15) is 5.75 Å². The zero-order valence-corrected chi connectivity index (χ0v) is 14.4. The molecular formula is C15H10Cl2INO2. The maximum atomic E-state index is 12.2. The molecule has 108 valence electrons. The van der Waals surface area contributed by atoms with E-state index in [0.29, 0.717) is 22.3 Å². The third-order valence-corrected chi connectivity index (χ3v) is 4.75. The normalized spacial score (nSPS) is 13.9. The van der Waals surface area contributed by atoms with Crippen LogP contribution in [0.3, 0.4) is 0 Å². The van der Waals surface area contributed by atoms with Crippen LogP contribution in [-0.4, -0.2) is 12.5 Å². The molecule has 0 aliphatic carbocycles. The largest absolute Gasteiger partial charge is 0.482 e. The van der Waals surface area contributed by atoms with Crippen LogP contribution in [0.5, 0.6) is 5.75 Å². The van der Waals surface area contributed by atoms with Gasteiger partial charge in [-0.05, 0) is 52.4 Å². The first kappa shape index (κ1) is 14.9. The molecule has 0 atom stereocenters. The van der Waals surface area contributed by atoms with Gasteiger partial charge in [-0.15, -0.1) is 0 Å². The zero-order chi connectivity index (χ0) is 15.0. The maximum absolute atomic E-state index is 12.2. The molecular weight excluding hydrogens is 424 g/mol. The van der Waals surface area contributed by atoms with Gasteiger partial charge in [0.05, 0.1) is 22.3 Å². The number of benzene rings is 2. The summed E-state index contributed by atoms with van der Waals surface area (Å²) >= 11 is 14.4. The summed E-state index contributed by atoms with van der Waals surface area (Å²) in [4.78, 5) is 13.8. The molecule has 0 radical (unpaired) electrons. The number of carbonyl (C=O) groups excluding carboxylic acids is 1. The number of nitrogens with zero attached hydrogens (tertiary/aromatic N) is 1. The van der Waals surface area contributed by atoms with Crippen LogP contribution in [-0.2, 0) is 11.3 Å². The Morgan fingerprint density at radius 2 is 2.05 bits per heavy atom. The number of hydrogen-bond acceptors (Lipinski definition) is 2. The lowest BCUT2D eigenvalue weighted by Gasteiger charge is -2.29. The summed E-state index contributed by atoms with van der Waals surface area (Å²) in [6, 6.07) is 11.1. The maximum Gasteiger partial charge on any atom is 0.265 e. The zero-order valence-electron chi connectivity index (χ0n) is 10.8. The highest BCUT2D eigenvalue weighted by Crippen LogP contribution is 2.35. The monoisotopic (exact) mass is 433 g/mol. The van der Waals surface area contributed by atoms with Gasteiger partial charge < -0.3 is 9.64 Å². The summed E-state index contributed by atoms with van der Waals surface area (Å²) in [5.74, 6) is 0.611. The van der Waals surface area contributed by atoms with Crippen LogP contribution in [0.1, 0.15) is 5.56 Å². The van der Waals surface area contributed by atoms with Crippen molar-refractivity contribution in [2.75, 3.05) is 11.5 Å². The third kappa shape index (κ3) is 2.98. The highest BCUT2D eigenvalue weighted by molar-refractivity contribution is 14.1. The molecule has 2 aromatic carbocycles. The first-order valence-corrected chi connectivity index (χ1v) is 8.05. The van der Waals surface area contributed by atoms with E-state index in [0.717, 1.165) is 14.8 Å². The van der Waals surface area contributed by atoms with E-state index in [9.17, 15) is 4.79 Å². The molecule has 0 fully saturated rings. The van der Waals surface area contributed by atoms with Gasteiger partial charge in [0.25, 0.3) is 5.91 Å². The van der Waals surface area contributed by atoms with E-state index in [2.05, 4.69) is 22.6 Å². The van der Waals surface area contributed by atoms with Gasteiger partial charge in [0, 0.05) is 3.57 Å². The fourth-order valence-electron chi connectivity index (χ4n) is 2.19. The molecule has 3 nitrogen and oxygen atoms in total. The highest BCUT2D eigenvalue weighted by Gasteiger charge is 2.26. The molecule has 21 heavy (non-hydrogen) atoms. The second-order valence-electron chi connectivity index (χ2n) is 4.59. The molecule has 0 unspecified atom stereocenters. The molecule has 0 bridgehead atoms. The van der Waals surface area contributed by atoms with E-state index < -0.39 is 0 Å². The Labute approximate surface area is 145 Å². The summed E-state index contributed by atoms with van der Waals surface area (Å²) in [6.07, 6.45) is 0. The van der Waals surface area contributed by atoms with E-state index in [4.69, 9.17) is 27.9 Å². The molecule has 0 aromatic heterocycles. The number of fused-ring (bicyclic) bond motifs is 1. The fourth-order valence-corrected chi connectivity index (χ4v) is 3.04. The van der Waals surface area contributed by atoms with Crippen molar-refractivity contribution in [1.82, 2.24) is 0 Å². The molecule has 1 heterocycles. The van der Waals surface area contributed by atoms with Gasteiger partial charge >= 0.3 is 0 Å². The Morgan fingerprint density at radius 1 is 1.24 bits per heavy atom. The van der Waals surface area contributed by atoms with Crippen molar-refractivity contribution < 1.29 is 9.53 Å². The first-order chi connectivity index (χ1) is 10.1. The van der Waals surface area contributed by atoms with E-state index in [-0.39, 0.29) is 12.5 Å². The SMILES string of the molecule is O=C1COc2cc(I)ccc2N1Cc1cccc(Cl)c1Cl. The minimum absolute atomic E-state index is 0.0330. The Kier molecular flexibility index (Phi) is 4.28. The molecule has 6 heteroatoms. The van der Waals surface area contributed by atoms with E-state index in [1.54, 1.807) is 11.0 Å². The predicted octanol–water partition coefficient (Wildman–Crippen LogP) is 4.52. The van der Waals surface area contributed by atoms with Crippen LogP contribution in [0.25, 0.3) is 0 Å². The summed E-state index contributed by atoms with van der Waals surface area (Å²) in [5.41, 5.74) is 1.56. The lowest BCUT2D eigenvalue weighted by molar-refractivity contribution is -0.121. The lowest BCUT2D eigenvalue weighted by Crippen LogP contribution is -2.38. The van der Waals surface area contributed by atoms with Crippen LogP contribution < -0.4 is 9.64 Å². The summed E-state index contributed by atoms with van der Waals surface area (Å²) in [5, 5.41) is 0.961. The number of amides is 1. The fraction of sp³-hybridized carbons (Fsp3) is 0.133. The first-order valence-electron chi connectivity index (χ1n) is 6.22. The van der Waals surface area contributed by atoms with E-state index >= 15 is 0 Å². The third-order valence-electron chi connectivity index (χ3n) is 3.22. The topological polar surface area (TPSA) is 29.5 Å². The standard InChI is InChI=1S/C15H10Cl2INO2/c16-11-3-1-2-9(15(11)17)7-19-12-5-4-10(18)6-13(12)21-8-14(19)20/h1-6H,7-8H2. The number of anilines is 1. The summed E-state index contributed by atoms with van der Waals surface area (Å²) in [7, 11) is 0. The average Bonchev–Trinajstić information content (AvgIpc) is 2.46. The van der Waals surface area contributed by atoms with E-state index in [1.165, 1.54) is 0 Å². The smallest absolute Gasteiger partial charge is 0.265 e. The second-order valence-corrected chi connectivity index (χ2v) is 6.62. The van der Waals surface area contributed by atoms with Crippen molar-refractivity contribution in [3.8, 4) is 5.75 Å². The molecule has 2 aromatic rings. The second kappa shape index (κ2) is 6.02. The molecule has 1 aliphatic rings. The van der Waals surface area contributed by atoms with Gasteiger partial charge in [-0.25, -0.2) is 0 Å². The van der Waals surface area contributed by atoms with Gasteiger partial charge in [0.2, 0.25) is 0 Å². The molecule has 0 saturated carbocycles. The van der Waals surface area contributed by atoms with Crippen LogP contribution in [0.15, 0.2) is 36.4 Å². The molecule has 0 saturated heterocycles. The molecule has 0 N–H and O–H groups in total. The van der Waals surface area contributed by atoms with Gasteiger partial charge in [-0.1, -0.05) is 35.3 Å². The van der Waals surface area contributed by atoms with Crippen LogP contribution in [0, 0.1) is 3.57 Å². The summed E-state index contributed by atoms with van der Waals surface area (Å²) < 4.78 is 6.54. The van der Waals surface area contributed by atoms with Gasteiger partial charge in [-0.3, -0.25) is 4.79 Å². The van der Waals surface area contributed by atoms with Crippen LogP contribution >= 0.6 is 45.8 Å². The Morgan fingerprint density at radius 3 is 2.86 bits per heavy atom. The van der Waals surface area contributed by atoms with Gasteiger partial charge in [0.15, 0.2) is 6.61 Å². The number of carbonyl (C=O) groups is 1. The van der Waals surface area contributed by atoms with Crippen molar-refractivity contribution in [3.05, 3.63) is 55.6 Å². The summed E-state index contributed by atoms with van der Waals surface area (Å²) in [6.45, 7) is 0.403. The predicted molar refractivity (Wildman–Crippen MR) is 92.3 cm³/mol. The minimum Gasteiger partial charge on any atom is -0.482 e. The van der Waals surface area contributed by atoms with E-state index in [1.807, 2.05) is 30.3 Å². The Hall–Kier alpha value is -0.980. The Bertz CT molecular complexity index is 721. The Balaban J connectivity index is 1.99. The molecule has 0 spiro atoms. The lowest BCUT2D eigenvalue weighted by atomic mass is 10.1. The molecule has 3 rings (SSSR count). The van der Waals surface area contributed by atoms with Gasteiger partial charge in [-0.2, -0.15) is 0 Å². The quantitative estimate of drug-likeness (QED) is 0.651. The number of halogens is 3. The van der Waals surface area contributed by atoms with Crippen LogP contribution in [0.2, 0.25) is 10.0 Å². The van der Waals surface area contributed by atoms with Crippen molar-refractivity contribution >= 4 is 57.4 Å². The van der Waals surface area contributed by atoms with Crippen molar-refractivity contribution in [2.45, 2.75) is 6.54 Å². The van der Waals surface area contributed by atoms with Crippen molar-refractivity contribution in [1.29, 1.82) is 0 Å². The van der Waals surface area contributed by atoms with Crippen molar-refractivity contribution in [3.63, 3.8) is 0 Å².